The second kappa shape index (κ2) is 11.2. The van der Waals surface area contributed by atoms with Crippen molar-refractivity contribution >= 4 is 23.1 Å². The normalized spacial score (nSPS) is 17.8. The topological polar surface area (TPSA) is 102 Å². The molecule has 1 aliphatic carbocycles. The number of carbonyl (C=O) groups excluding carboxylic acids is 2. The summed E-state index contributed by atoms with van der Waals surface area (Å²) in [5.41, 5.74) is 1.05. The molecule has 1 aromatic carbocycles. The molecule has 32 heavy (non-hydrogen) atoms. The van der Waals surface area contributed by atoms with Gasteiger partial charge in [0.15, 0.2) is 0 Å². The summed E-state index contributed by atoms with van der Waals surface area (Å²) in [6, 6.07) is 5.68. The Balaban J connectivity index is 2.05. The zero-order chi connectivity index (χ0) is 23.1. The Labute approximate surface area is 188 Å². The third kappa shape index (κ3) is 5.16. The van der Waals surface area contributed by atoms with Crippen LogP contribution in [-0.2, 0) is 19.1 Å². The van der Waals surface area contributed by atoms with Crippen LogP contribution in [0.4, 0.5) is 5.69 Å². The molecule has 1 fully saturated rings. The molecule has 0 aromatic heterocycles. The van der Waals surface area contributed by atoms with E-state index >= 15 is 0 Å². The highest BCUT2D eigenvalue weighted by Gasteiger charge is 2.44. The van der Waals surface area contributed by atoms with Crippen LogP contribution in [0.15, 0.2) is 30.0 Å². The molecule has 0 spiro atoms. The lowest BCUT2D eigenvalue weighted by atomic mass is 10.0. The van der Waals surface area contributed by atoms with E-state index in [4.69, 9.17) is 9.47 Å². The molecule has 9 nitrogen and oxygen atoms in total. The smallest absolute Gasteiger partial charge is 0.278 e. The Hall–Kier alpha value is -2.78. The molecule has 0 radical (unpaired) electrons. The highest BCUT2D eigenvalue weighted by Crippen LogP contribution is 2.36. The molecule has 9 heteroatoms. The van der Waals surface area contributed by atoms with Gasteiger partial charge in [0.2, 0.25) is 0 Å². The molecule has 0 atom stereocenters. The van der Waals surface area contributed by atoms with E-state index in [0.29, 0.717) is 43.1 Å². The van der Waals surface area contributed by atoms with Crippen LogP contribution >= 0.6 is 0 Å². The Morgan fingerprint density at radius 2 is 1.53 bits per heavy atom. The fourth-order valence-electron chi connectivity index (χ4n) is 4.42. The molecular weight excluding hydrogens is 414 g/mol. The number of amides is 2. The molecule has 1 aliphatic heterocycles. The van der Waals surface area contributed by atoms with Crippen molar-refractivity contribution in [1.29, 1.82) is 0 Å². The predicted octanol–water partition coefficient (Wildman–Crippen LogP) is 2.99. The van der Waals surface area contributed by atoms with Gasteiger partial charge in [0.1, 0.15) is 5.70 Å². The molecule has 0 saturated heterocycles. The van der Waals surface area contributed by atoms with Gasteiger partial charge in [-0.3, -0.25) is 24.6 Å². The van der Waals surface area contributed by atoms with Crippen LogP contribution < -0.4 is 0 Å². The van der Waals surface area contributed by atoms with Crippen LogP contribution in [0, 0.1) is 10.1 Å². The Bertz CT molecular complexity index is 851. The van der Waals surface area contributed by atoms with Gasteiger partial charge in [0.05, 0.1) is 23.7 Å². The average Bonchev–Trinajstić information content (AvgIpc) is 2.95. The summed E-state index contributed by atoms with van der Waals surface area (Å²) in [7, 11) is 3.17. The number of nitrogens with zero attached hydrogens (tertiary/aromatic N) is 3. The van der Waals surface area contributed by atoms with Crippen LogP contribution in [0.25, 0.3) is 5.57 Å². The van der Waals surface area contributed by atoms with E-state index < -0.39 is 4.92 Å². The minimum Gasteiger partial charge on any atom is -0.383 e. The standard InChI is InChI=1S/C23H31N3O6/c1-31-15-13-24(14-16-32-2)21-20(17-9-11-19(12-10-17)26(29)30)22(27)25(23(21)28)18-7-5-3-4-6-8-18/h9-12,18H,3-8,13-16H2,1-2H3. The fraction of sp³-hybridized carbons (Fsp3) is 0.565. The second-order valence-corrected chi connectivity index (χ2v) is 8.13. The predicted molar refractivity (Wildman–Crippen MR) is 119 cm³/mol. The van der Waals surface area contributed by atoms with E-state index in [-0.39, 0.29) is 23.5 Å². The van der Waals surface area contributed by atoms with Gasteiger partial charge in [0, 0.05) is 45.5 Å². The first-order chi connectivity index (χ1) is 15.5. The summed E-state index contributed by atoms with van der Waals surface area (Å²) in [6.07, 6.45) is 5.79. The Morgan fingerprint density at radius 3 is 2.03 bits per heavy atom. The van der Waals surface area contributed by atoms with Crippen molar-refractivity contribution in [3.05, 3.63) is 45.6 Å². The monoisotopic (exact) mass is 445 g/mol. The first-order valence-electron chi connectivity index (χ1n) is 11.1. The molecule has 2 aliphatic rings. The first kappa shape index (κ1) is 23.9. The van der Waals surface area contributed by atoms with Crippen molar-refractivity contribution in [2.45, 2.75) is 44.6 Å². The van der Waals surface area contributed by atoms with Crippen LogP contribution in [0.1, 0.15) is 44.1 Å². The summed E-state index contributed by atoms with van der Waals surface area (Å²) >= 11 is 0. The number of carbonyl (C=O) groups is 2. The van der Waals surface area contributed by atoms with Crippen molar-refractivity contribution in [2.75, 3.05) is 40.5 Å². The van der Waals surface area contributed by atoms with Crippen molar-refractivity contribution < 1.29 is 24.0 Å². The zero-order valence-electron chi connectivity index (χ0n) is 18.7. The number of ether oxygens (including phenoxy) is 2. The number of hydrogen-bond acceptors (Lipinski definition) is 7. The van der Waals surface area contributed by atoms with Gasteiger partial charge in [-0.25, -0.2) is 0 Å². The summed E-state index contributed by atoms with van der Waals surface area (Å²) in [5, 5.41) is 11.1. The SMILES string of the molecule is COCCN(CCOC)C1=C(c2ccc([N+](=O)[O-])cc2)C(=O)N(C2CCCCCC2)C1=O. The molecule has 174 valence electrons. The highest BCUT2D eigenvalue weighted by atomic mass is 16.6. The molecule has 0 N–H and O–H groups in total. The maximum atomic E-state index is 13.7. The van der Waals surface area contributed by atoms with Crippen LogP contribution in [-0.4, -0.2) is 73.1 Å². The number of imide groups is 1. The van der Waals surface area contributed by atoms with Gasteiger partial charge >= 0.3 is 0 Å². The molecule has 1 saturated carbocycles. The summed E-state index contributed by atoms with van der Waals surface area (Å²) in [6.45, 7) is 1.60. The van der Waals surface area contributed by atoms with Crippen LogP contribution in [0.3, 0.4) is 0 Å². The second-order valence-electron chi connectivity index (χ2n) is 8.13. The average molecular weight is 446 g/mol. The van der Waals surface area contributed by atoms with E-state index in [0.717, 1.165) is 38.5 Å². The lowest BCUT2D eigenvalue weighted by Gasteiger charge is -2.28. The number of non-ortho nitro benzene ring substituents is 1. The van der Waals surface area contributed by atoms with Gasteiger partial charge in [-0.1, -0.05) is 25.7 Å². The minimum atomic E-state index is -0.484. The maximum Gasteiger partial charge on any atom is 0.278 e. The lowest BCUT2D eigenvalue weighted by Crippen LogP contribution is -2.43. The third-order valence-electron chi connectivity index (χ3n) is 6.09. The third-order valence-corrected chi connectivity index (χ3v) is 6.09. The van der Waals surface area contributed by atoms with Crippen molar-refractivity contribution in [2.24, 2.45) is 0 Å². The largest absolute Gasteiger partial charge is 0.383 e. The van der Waals surface area contributed by atoms with Gasteiger partial charge in [-0.05, 0) is 30.5 Å². The van der Waals surface area contributed by atoms with Gasteiger partial charge in [-0.15, -0.1) is 0 Å². The number of methoxy groups -OCH3 is 2. The van der Waals surface area contributed by atoms with Crippen LogP contribution in [0.5, 0.6) is 0 Å². The number of nitro groups is 1. The summed E-state index contributed by atoms with van der Waals surface area (Å²) in [5.74, 6) is -0.631. The van der Waals surface area contributed by atoms with E-state index in [1.54, 1.807) is 26.4 Å². The molecular formula is C23H31N3O6. The summed E-state index contributed by atoms with van der Waals surface area (Å²) in [4.78, 5) is 41.2. The van der Waals surface area contributed by atoms with E-state index in [9.17, 15) is 19.7 Å². The number of hydrogen-bond donors (Lipinski definition) is 0. The number of benzene rings is 1. The molecule has 0 unspecified atom stereocenters. The van der Waals surface area contributed by atoms with Crippen molar-refractivity contribution in [3.63, 3.8) is 0 Å². The molecule has 0 bridgehead atoms. The number of rotatable bonds is 10. The van der Waals surface area contributed by atoms with Gasteiger partial charge in [0.25, 0.3) is 17.5 Å². The van der Waals surface area contributed by atoms with Crippen molar-refractivity contribution in [3.8, 4) is 0 Å². The van der Waals surface area contributed by atoms with Crippen molar-refractivity contribution in [1.82, 2.24) is 9.80 Å². The maximum absolute atomic E-state index is 13.7. The van der Waals surface area contributed by atoms with Gasteiger partial charge in [-0.2, -0.15) is 0 Å². The molecule has 2 amide bonds. The Kier molecular flexibility index (Phi) is 8.35. The molecule has 1 heterocycles. The number of nitro benzene ring substituents is 1. The van der Waals surface area contributed by atoms with E-state index in [2.05, 4.69) is 0 Å². The van der Waals surface area contributed by atoms with Gasteiger partial charge < -0.3 is 14.4 Å². The quantitative estimate of drug-likeness (QED) is 0.236. The lowest BCUT2D eigenvalue weighted by molar-refractivity contribution is -0.384. The summed E-state index contributed by atoms with van der Waals surface area (Å²) < 4.78 is 10.5. The van der Waals surface area contributed by atoms with Crippen LogP contribution in [0.2, 0.25) is 0 Å². The minimum absolute atomic E-state index is 0.0658. The molecule has 3 rings (SSSR count). The molecule has 1 aromatic rings. The first-order valence-corrected chi connectivity index (χ1v) is 11.1. The Morgan fingerprint density at radius 1 is 0.969 bits per heavy atom. The zero-order valence-corrected chi connectivity index (χ0v) is 18.7. The van der Waals surface area contributed by atoms with E-state index in [1.165, 1.54) is 17.0 Å². The highest BCUT2D eigenvalue weighted by molar-refractivity contribution is 6.35. The fourth-order valence-corrected chi connectivity index (χ4v) is 4.42. The van der Waals surface area contributed by atoms with E-state index in [1.807, 2.05) is 4.90 Å².